The van der Waals surface area contributed by atoms with Gasteiger partial charge < -0.3 is 5.32 Å². The van der Waals surface area contributed by atoms with Crippen LogP contribution in [0.1, 0.15) is 38.5 Å². The van der Waals surface area contributed by atoms with Crippen molar-refractivity contribution in [2.24, 2.45) is 0 Å². The first-order valence-electron chi connectivity index (χ1n) is 4.86. The summed E-state index contributed by atoms with van der Waals surface area (Å²) in [5, 5.41) is 3.02. The molecule has 1 fully saturated rings. The molecule has 2 aliphatic rings. The molecule has 2 heteroatoms. The molecule has 0 aromatic heterocycles. The van der Waals surface area contributed by atoms with E-state index in [9.17, 15) is 4.79 Å². The Morgan fingerprint density at radius 3 is 2.83 bits per heavy atom. The maximum atomic E-state index is 11.5. The van der Waals surface area contributed by atoms with Gasteiger partial charge in [0.1, 0.15) is 0 Å². The molecule has 66 valence electrons. The van der Waals surface area contributed by atoms with Crippen molar-refractivity contribution in [2.45, 2.75) is 44.6 Å². The second kappa shape index (κ2) is 3.30. The van der Waals surface area contributed by atoms with Crippen molar-refractivity contribution >= 4 is 5.91 Å². The monoisotopic (exact) mass is 165 g/mol. The van der Waals surface area contributed by atoms with Gasteiger partial charge in [-0.25, -0.2) is 0 Å². The summed E-state index contributed by atoms with van der Waals surface area (Å²) in [6, 6.07) is 0.500. The molecule has 0 saturated heterocycles. The molecule has 0 aromatic carbocycles. The quantitative estimate of drug-likeness (QED) is 0.663. The van der Waals surface area contributed by atoms with Gasteiger partial charge in [0, 0.05) is 11.6 Å². The van der Waals surface area contributed by atoms with Crippen LogP contribution in [0.5, 0.6) is 0 Å². The molecule has 0 aromatic rings. The number of amides is 1. The molecule has 2 aliphatic carbocycles. The third-order valence-electron chi connectivity index (χ3n) is 2.50. The standard InChI is InChI=1S/C10H15NO/c12-10(11-9-6-7-9)8-4-2-1-3-5-8/h4,9H,1-3,5-7H2,(H,11,12). The Morgan fingerprint density at radius 2 is 2.25 bits per heavy atom. The van der Waals surface area contributed by atoms with Gasteiger partial charge in [0.25, 0.3) is 0 Å². The lowest BCUT2D eigenvalue weighted by atomic mass is 9.99. The van der Waals surface area contributed by atoms with E-state index in [-0.39, 0.29) is 5.91 Å². The van der Waals surface area contributed by atoms with Crippen molar-refractivity contribution < 1.29 is 4.79 Å². The van der Waals surface area contributed by atoms with E-state index in [1.165, 1.54) is 25.7 Å². The Kier molecular flexibility index (Phi) is 2.15. The number of allylic oxidation sites excluding steroid dienone is 1. The summed E-state index contributed by atoms with van der Waals surface area (Å²) in [5.74, 6) is 0.192. The SMILES string of the molecule is O=C(NC1CC1)C1=CCCCC1. The van der Waals surface area contributed by atoms with Crippen LogP contribution in [-0.4, -0.2) is 11.9 Å². The van der Waals surface area contributed by atoms with E-state index in [0.717, 1.165) is 18.4 Å². The van der Waals surface area contributed by atoms with Gasteiger partial charge in [-0.2, -0.15) is 0 Å². The van der Waals surface area contributed by atoms with Crippen molar-refractivity contribution in [3.05, 3.63) is 11.6 Å². The third-order valence-corrected chi connectivity index (χ3v) is 2.50. The number of hydrogen-bond acceptors (Lipinski definition) is 1. The summed E-state index contributed by atoms with van der Waals surface area (Å²) >= 11 is 0. The van der Waals surface area contributed by atoms with Gasteiger partial charge in [-0.3, -0.25) is 4.79 Å². The zero-order valence-corrected chi connectivity index (χ0v) is 7.31. The number of rotatable bonds is 2. The molecule has 2 rings (SSSR count). The van der Waals surface area contributed by atoms with Crippen LogP contribution in [0.2, 0.25) is 0 Å². The largest absolute Gasteiger partial charge is 0.350 e. The molecule has 0 atom stereocenters. The van der Waals surface area contributed by atoms with Crippen LogP contribution in [-0.2, 0) is 4.79 Å². The predicted molar refractivity (Wildman–Crippen MR) is 47.7 cm³/mol. The van der Waals surface area contributed by atoms with Gasteiger partial charge >= 0.3 is 0 Å². The van der Waals surface area contributed by atoms with E-state index in [1.807, 2.05) is 0 Å². The fourth-order valence-electron chi connectivity index (χ4n) is 1.55. The lowest BCUT2D eigenvalue weighted by Crippen LogP contribution is -2.27. The van der Waals surface area contributed by atoms with Crippen LogP contribution < -0.4 is 5.32 Å². The summed E-state index contributed by atoms with van der Waals surface area (Å²) in [7, 11) is 0. The highest BCUT2D eigenvalue weighted by Gasteiger charge is 2.24. The summed E-state index contributed by atoms with van der Waals surface area (Å²) in [5.41, 5.74) is 1.02. The number of carbonyl (C=O) groups excluding carboxylic acids is 1. The van der Waals surface area contributed by atoms with Crippen LogP contribution in [0.4, 0.5) is 0 Å². The molecule has 0 spiro atoms. The normalized spacial score (nSPS) is 23.2. The minimum absolute atomic E-state index is 0.192. The van der Waals surface area contributed by atoms with E-state index < -0.39 is 0 Å². The first-order chi connectivity index (χ1) is 5.86. The van der Waals surface area contributed by atoms with Crippen LogP contribution in [0.3, 0.4) is 0 Å². The fraction of sp³-hybridized carbons (Fsp3) is 0.700. The second-order valence-electron chi connectivity index (χ2n) is 3.72. The second-order valence-corrected chi connectivity index (χ2v) is 3.72. The van der Waals surface area contributed by atoms with Crippen molar-refractivity contribution in [3.63, 3.8) is 0 Å². The molecule has 2 nitrogen and oxygen atoms in total. The highest BCUT2D eigenvalue weighted by Crippen LogP contribution is 2.22. The molecule has 1 saturated carbocycles. The van der Waals surface area contributed by atoms with E-state index in [0.29, 0.717) is 6.04 Å². The molecule has 12 heavy (non-hydrogen) atoms. The molecular weight excluding hydrogens is 150 g/mol. The highest BCUT2D eigenvalue weighted by atomic mass is 16.1. The Labute approximate surface area is 73.0 Å². The topological polar surface area (TPSA) is 29.1 Å². The van der Waals surface area contributed by atoms with E-state index in [2.05, 4.69) is 11.4 Å². The average Bonchev–Trinajstić information content (AvgIpc) is 2.90. The van der Waals surface area contributed by atoms with Gasteiger partial charge in [-0.1, -0.05) is 6.08 Å². The van der Waals surface area contributed by atoms with Crippen LogP contribution in [0, 0.1) is 0 Å². The Balaban J connectivity index is 1.88. The Morgan fingerprint density at radius 1 is 1.42 bits per heavy atom. The van der Waals surface area contributed by atoms with E-state index in [4.69, 9.17) is 0 Å². The summed E-state index contributed by atoms with van der Waals surface area (Å²) in [6.45, 7) is 0. The third kappa shape index (κ3) is 1.87. The summed E-state index contributed by atoms with van der Waals surface area (Å²) in [4.78, 5) is 11.5. The summed E-state index contributed by atoms with van der Waals surface area (Å²) in [6.07, 6.45) is 8.97. The zero-order valence-electron chi connectivity index (χ0n) is 7.31. The maximum absolute atomic E-state index is 11.5. The minimum atomic E-state index is 0.192. The number of hydrogen-bond donors (Lipinski definition) is 1. The fourth-order valence-corrected chi connectivity index (χ4v) is 1.55. The first kappa shape index (κ1) is 7.84. The van der Waals surface area contributed by atoms with Gasteiger partial charge in [0.15, 0.2) is 0 Å². The van der Waals surface area contributed by atoms with E-state index in [1.54, 1.807) is 0 Å². The number of carbonyl (C=O) groups is 1. The smallest absolute Gasteiger partial charge is 0.247 e. The number of nitrogens with one attached hydrogen (secondary N) is 1. The van der Waals surface area contributed by atoms with Crippen molar-refractivity contribution in [1.29, 1.82) is 0 Å². The summed E-state index contributed by atoms with van der Waals surface area (Å²) < 4.78 is 0. The lowest BCUT2D eigenvalue weighted by molar-refractivity contribution is -0.117. The molecule has 0 unspecified atom stereocenters. The maximum Gasteiger partial charge on any atom is 0.247 e. The van der Waals surface area contributed by atoms with Crippen molar-refractivity contribution in [1.82, 2.24) is 5.32 Å². The van der Waals surface area contributed by atoms with Crippen molar-refractivity contribution in [2.75, 3.05) is 0 Å². The molecule has 1 amide bonds. The van der Waals surface area contributed by atoms with Gasteiger partial charge in [0.2, 0.25) is 5.91 Å². The molecule has 0 aliphatic heterocycles. The Bertz CT molecular complexity index is 216. The van der Waals surface area contributed by atoms with Crippen LogP contribution in [0.25, 0.3) is 0 Å². The van der Waals surface area contributed by atoms with Gasteiger partial charge in [-0.05, 0) is 38.5 Å². The van der Waals surface area contributed by atoms with Gasteiger partial charge in [-0.15, -0.1) is 0 Å². The molecule has 1 N–H and O–H groups in total. The Hall–Kier alpha value is -0.790. The van der Waals surface area contributed by atoms with Crippen LogP contribution >= 0.6 is 0 Å². The predicted octanol–water partition coefficient (Wildman–Crippen LogP) is 1.77. The minimum Gasteiger partial charge on any atom is -0.350 e. The van der Waals surface area contributed by atoms with Crippen LogP contribution in [0.15, 0.2) is 11.6 Å². The zero-order chi connectivity index (χ0) is 8.39. The highest BCUT2D eigenvalue weighted by molar-refractivity contribution is 5.93. The molecule has 0 radical (unpaired) electrons. The van der Waals surface area contributed by atoms with E-state index >= 15 is 0 Å². The molecule has 0 heterocycles. The average molecular weight is 165 g/mol. The lowest BCUT2D eigenvalue weighted by Gasteiger charge is -2.11. The molecular formula is C10H15NO. The molecule has 0 bridgehead atoms. The first-order valence-corrected chi connectivity index (χ1v) is 4.86. The van der Waals surface area contributed by atoms with Crippen molar-refractivity contribution in [3.8, 4) is 0 Å². The van der Waals surface area contributed by atoms with Gasteiger partial charge in [0.05, 0.1) is 0 Å².